The van der Waals surface area contributed by atoms with E-state index in [2.05, 4.69) is 35.4 Å². The second-order valence-electron chi connectivity index (χ2n) is 12.5. The van der Waals surface area contributed by atoms with Crippen molar-refractivity contribution in [3.8, 4) is 11.3 Å². The summed E-state index contributed by atoms with van der Waals surface area (Å²) >= 11 is 1.60. The van der Waals surface area contributed by atoms with Crippen LogP contribution in [-0.2, 0) is 11.8 Å². The Kier molecular flexibility index (Phi) is 8.37. The predicted molar refractivity (Wildman–Crippen MR) is 181 cm³/mol. The van der Waals surface area contributed by atoms with E-state index in [1.54, 1.807) is 29.5 Å². The lowest BCUT2D eigenvalue weighted by Crippen LogP contribution is -2.48. The number of rotatable bonds is 6. The SMILES string of the molecule is Cc1c(NC(=O)c2cc3c(s2)[C@@H](C)CC[C@H]3C)cccc1-c1cn(C)c(=O)c(Nc2ccc([C@@H]3C(=O)N(C)CCN3C)cc2)n1. The minimum Gasteiger partial charge on any atom is -0.343 e. The number of hydrogen-bond donors (Lipinski definition) is 2. The zero-order valence-corrected chi connectivity index (χ0v) is 27.5. The summed E-state index contributed by atoms with van der Waals surface area (Å²) < 4.78 is 1.51. The van der Waals surface area contributed by atoms with Crippen molar-refractivity contribution in [1.29, 1.82) is 0 Å². The second kappa shape index (κ2) is 12.3. The number of fused-ring (bicyclic) bond motifs is 1. The maximum atomic E-state index is 13.4. The molecule has 2 N–H and O–H groups in total. The summed E-state index contributed by atoms with van der Waals surface area (Å²) in [6, 6.07) is 15.0. The summed E-state index contributed by atoms with van der Waals surface area (Å²) in [5, 5.41) is 6.31. The lowest BCUT2D eigenvalue weighted by molar-refractivity contribution is -0.139. The third-order valence-electron chi connectivity index (χ3n) is 9.28. The molecule has 2 amide bonds. The van der Waals surface area contributed by atoms with Gasteiger partial charge in [0.2, 0.25) is 5.91 Å². The molecular formula is C35H40N6O3S. The van der Waals surface area contributed by atoms with Gasteiger partial charge in [-0.1, -0.05) is 38.1 Å². The van der Waals surface area contributed by atoms with Crippen LogP contribution in [0, 0.1) is 6.92 Å². The fraction of sp³-hybridized carbons (Fsp3) is 0.371. The number of amides is 2. The van der Waals surface area contributed by atoms with Crippen LogP contribution < -0.4 is 16.2 Å². The van der Waals surface area contributed by atoms with Gasteiger partial charge in [-0.25, -0.2) is 4.98 Å². The molecule has 0 bridgehead atoms. The molecule has 0 saturated carbocycles. The van der Waals surface area contributed by atoms with E-state index in [1.165, 1.54) is 15.0 Å². The molecule has 1 aliphatic heterocycles. The van der Waals surface area contributed by atoms with Gasteiger partial charge in [-0.3, -0.25) is 19.3 Å². The number of benzene rings is 2. The monoisotopic (exact) mass is 624 g/mol. The molecule has 1 saturated heterocycles. The number of hydrogen-bond acceptors (Lipinski definition) is 7. The molecule has 0 unspecified atom stereocenters. The summed E-state index contributed by atoms with van der Waals surface area (Å²) in [5.41, 5.74) is 5.63. The van der Waals surface area contributed by atoms with Crippen molar-refractivity contribution >= 4 is 40.3 Å². The molecule has 0 spiro atoms. The number of likely N-dealkylation sites (N-methyl/N-ethyl adjacent to an activating group) is 2. The van der Waals surface area contributed by atoms with E-state index >= 15 is 0 Å². The standard InChI is InChI=1S/C35H40N6O3S/c1-20-10-11-21(2)31-26(20)18-29(45-31)33(42)38-27-9-7-8-25(22(27)3)28-19-41(6)35(44)32(37-28)36-24-14-12-23(13-15-24)30-34(43)40(5)17-16-39(30)4/h7-9,12-15,18-21,30H,10-11,16-17H2,1-6H3,(H,36,37)(H,38,42)/t20-,21+,30-/m1/s1. The fourth-order valence-corrected chi connectivity index (χ4v) is 7.63. The quantitative estimate of drug-likeness (QED) is 0.263. The number of aromatic nitrogens is 2. The molecule has 2 aromatic heterocycles. The van der Waals surface area contributed by atoms with Crippen molar-refractivity contribution in [2.45, 2.75) is 51.5 Å². The Morgan fingerprint density at radius 1 is 0.978 bits per heavy atom. The highest BCUT2D eigenvalue weighted by Gasteiger charge is 2.32. The van der Waals surface area contributed by atoms with Crippen molar-refractivity contribution < 1.29 is 9.59 Å². The Morgan fingerprint density at radius 3 is 2.44 bits per heavy atom. The Hall–Kier alpha value is -4.28. The average molecular weight is 625 g/mol. The maximum Gasteiger partial charge on any atom is 0.293 e. The Labute approximate surface area is 267 Å². The van der Waals surface area contributed by atoms with Gasteiger partial charge >= 0.3 is 0 Å². The fourth-order valence-electron chi connectivity index (χ4n) is 6.36. The molecule has 6 rings (SSSR count). The van der Waals surface area contributed by atoms with E-state index in [-0.39, 0.29) is 29.2 Å². The van der Waals surface area contributed by atoms with Crippen molar-refractivity contribution in [2.75, 3.05) is 37.8 Å². The second-order valence-corrected chi connectivity index (χ2v) is 13.6. The number of thiophene rings is 1. The molecule has 3 heterocycles. The molecule has 2 aromatic carbocycles. The van der Waals surface area contributed by atoms with E-state index in [9.17, 15) is 14.4 Å². The van der Waals surface area contributed by atoms with Crippen LogP contribution in [0.1, 0.15) is 75.8 Å². The molecule has 2 aliphatic rings. The number of aryl methyl sites for hydroxylation is 1. The van der Waals surface area contributed by atoms with Crippen LogP contribution in [0.3, 0.4) is 0 Å². The van der Waals surface area contributed by atoms with Gasteiger partial charge < -0.3 is 20.1 Å². The topological polar surface area (TPSA) is 99.6 Å². The maximum absolute atomic E-state index is 13.4. The third kappa shape index (κ3) is 5.92. The van der Waals surface area contributed by atoms with Crippen molar-refractivity contribution in [3.05, 3.63) is 91.5 Å². The van der Waals surface area contributed by atoms with E-state index in [0.717, 1.165) is 41.0 Å². The zero-order chi connectivity index (χ0) is 32.0. The molecule has 0 radical (unpaired) electrons. The largest absolute Gasteiger partial charge is 0.343 e. The molecule has 10 heteroatoms. The van der Waals surface area contributed by atoms with Crippen LogP contribution in [0.4, 0.5) is 17.2 Å². The van der Waals surface area contributed by atoms with Crippen LogP contribution in [0.2, 0.25) is 0 Å². The minimum atomic E-state index is -0.333. The number of nitrogens with zero attached hydrogens (tertiary/aromatic N) is 4. The van der Waals surface area contributed by atoms with Gasteiger partial charge in [0.25, 0.3) is 11.5 Å². The van der Waals surface area contributed by atoms with Gasteiger partial charge in [0.15, 0.2) is 5.82 Å². The summed E-state index contributed by atoms with van der Waals surface area (Å²) in [5.74, 6) is 1.10. The molecule has 9 nitrogen and oxygen atoms in total. The summed E-state index contributed by atoms with van der Waals surface area (Å²) in [6.45, 7) is 7.95. The summed E-state index contributed by atoms with van der Waals surface area (Å²) in [7, 11) is 5.48. The number of carbonyl (C=O) groups is 2. The first-order valence-corrected chi connectivity index (χ1v) is 16.3. The van der Waals surface area contributed by atoms with Gasteiger partial charge in [0.05, 0.1) is 10.6 Å². The lowest BCUT2D eigenvalue weighted by Gasteiger charge is -2.37. The zero-order valence-electron chi connectivity index (χ0n) is 26.7. The summed E-state index contributed by atoms with van der Waals surface area (Å²) in [4.78, 5) is 49.9. The Morgan fingerprint density at radius 2 is 1.71 bits per heavy atom. The Balaban J connectivity index is 1.24. The lowest BCUT2D eigenvalue weighted by atomic mass is 9.83. The highest BCUT2D eigenvalue weighted by Crippen LogP contribution is 2.43. The van der Waals surface area contributed by atoms with E-state index in [4.69, 9.17) is 4.98 Å². The first-order chi connectivity index (χ1) is 21.5. The van der Waals surface area contributed by atoms with Gasteiger partial charge in [0.1, 0.15) is 6.04 Å². The summed E-state index contributed by atoms with van der Waals surface area (Å²) in [6.07, 6.45) is 4.02. The van der Waals surface area contributed by atoms with Crippen LogP contribution >= 0.6 is 11.3 Å². The average Bonchev–Trinajstić information content (AvgIpc) is 3.49. The molecule has 3 atom stereocenters. The van der Waals surface area contributed by atoms with Crippen molar-refractivity contribution in [1.82, 2.24) is 19.4 Å². The molecule has 4 aromatic rings. The highest BCUT2D eigenvalue weighted by atomic mass is 32.1. The molecule has 234 valence electrons. The minimum absolute atomic E-state index is 0.0696. The number of carbonyl (C=O) groups excluding carboxylic acids is 2. The van der Waals surface area contributed by atoms with Crippen molar-refractivity contribution in [2.24, 2.45) is 7.05 Å². The number of piperazine rings is 1. The first-order valence-electron chi connectivity index (χ1n) is 15.5. The Bertz CT molecular complexity index is 1800. The van der Waals surface area contributed by atoms with Crippen molar-refractivity contribution in [3.63, 3.8) is 0 Å². The van der Waals surface area contributed by atoms with Gasteiger partial charge in [-0.2, -0.15) is 0 Å². The van der Waals surface area contributed by atoms with Crippen LogP contribution in [-0.4, -0.2) is 58.4 Å². The van der Waals surface area contributed by atoms with Crippen LogP contribution in [0.15, 0.2) is 59.5 Å². The third-order valence-corrected chi connectivity index (χ3v) is 10.7. The van der Waals surface area contributed by atoms with E-state index in [0.29, 0.717) is 35.4 Å². The van der Waals surface area contributed by atoms with E-state index in [1.807, 2.05) is 63.5 Å². The molecule has 1 aliphatic carbocycles. The van der Waals surface area contributed by atoms with Gasteiger partial charge in [-0.15, -0.1) is 11.3 Å². The molecule has 45 heavy (non-hydrogen) atoms. The normalized spacial score (nSPS) is 20.2. The number of nitrogens with one attached hydrogen (secondary N) is 2. The first kappa shape index (κ1) is 30.7. The smallest absolute Gasteiger partial charge is 0.293 e. The molecular weight excluding hydrogens is 584 g/mol. The van der Waals surface area contributed by atoms with Gasteiger partial charge in [-0.05, 0) is 79.6 Å². The molecule has 1 fully saturated rings. The predicted octanol–water partition coefficient (Wildman–Crippen LogP) is 6.26. The van der Waals surface area contributed by atoms with Crippen LogP contribution in [0.5, 0.6) is 0 Å². The highest BCUT2D eigenvalue weighted by molar-refractivity contribution is 7.14. The van der Waals surface area contributed by atoms with E-state index < -0.39 is 0 Å². The number of anilines is 3. The van der Waals surface area contributed by atoms with Crippen LogP contribution in [0.25, 0.3) is 11.3 Å². The van der Waals surface area contributed by atoms with Gasteiger partial charge in [0, 0.05) is 55.2 Å².